The molecule has 0 unspecified atom stereocenters. The topological polar surface area (TPSA) is 55.4 Å². The van der Waals surface area contributed by atoms with Gasteiger partial charge < -0.3 is 10.1 Å². The minimum atomic E-state index is -4.48. The van der Waals surface area contributed by atoms with E-state index in [1.54, 1.807) is 0 Å². The molecule has 1 N–H and O–H groups in total. The Hall–Kier alpha value is -2.05. The first-order chi connectivity index (χ1) is 8.79. The van der Waals surface area contributed by atoms with Crippen LogP contribution in [0.4, 0.5) is 18.0 Å². The van der Waals surface area contributed by atoms with Gasteiger partial charge in [-0.15, -0.1) is 0 Å². The summed E-state index contributed by atoms with van der Waals surface area (Å²) in [6.45, 7) is 1.21. The summed E-state index contributed by atoms with van der Waals surface area (Å²) in [5, 5.41) is 2.33. The van der Waals surface area contributed by atoms with Crippen LogP contribution in [0.5, 0.6) is 0 Å². The van der Waals surface area contributed by atoms with Crippen molar-refractivity contribution < 1.29 is 27.5 Å². The second-order valence-electron chi connectivity index (χ2n) is 4.18. The highest BCUT2D eigenvalue weighted by atomic mass is 19.4. The van der Waals surface area contributed by atoms with Gasteiger partial charge in [0, 0.05) is 0 Å². The van der Waals surface area contributed by atoms with Crippen molar-refractivity contribution in [1.82, 2.24) is 5.32 Å². The molecule has 1 aliphatic heterocycles. The van der Waals surface area contributed by atoms with Crippen molar-refractivity contribution in [1.29, 1.82) is 0 Å². The number of alkyl carbamates (subject to hydrolysis) is 1. The molecule has 19 heavy (non-hydrogen) atoms. The van der Waals surface area contributed by atoms with Gasteiger partial charge in [-0.1, -0.05) is 12.1 Å². The zero-order chi connectivity index (χ0) is 14.2. The Morgan fingerprint density at radius 2 is 2.05 bits per heavy atom. The molecule has 0 saturated carbocycles. The lowest BCUT2D eigenvalue weighted by atomic mass is 9.98. The Kier molecular flexibility index (Phi) is 3.21. The first-order valence-electron chi connectivity index (χ1n) is 5.44. The van der Waals surface area contributed by atoms with Gasteiger partial charge in [0.15, 0.2) is 11.9 Å². The quantitative estimate of drug-likeness (QED) is 0.900. The number of amides is 1. The Balaban J connectivity index is 2.36. The first kappa shape index (κ1) is 13.4. The van der Waals surface area contributed by atoms with Crippen LogP contribution in [0.1, 0.15) is 24.1 Å². The second kappa shape index (κ2) is 4.56. The summed E-state index contributed by atoms with van der Waals surface area (Å²) in [5.41, 5.74) is -0.658. The zero-order valence-electron chi connectivity index (χ0n) is 9.82. The smallest absolute Gasteiger partial charge is 0.416 e. The molecule has 1 amide bonds. The molecule has 7 heteroatoms. The summed E-state index contributed by atoms with van der Waals surface area (Å²) in [4.78, 5) is 22.4. The Morgan fingerprint density at radius 1 is 1.37 bits per heavy atom. The van der Waals surface area contributed by atoms with Gasteiger partial charge in [-0.25, -0.2) is 4.79 Å². The third-order valence-corrected chi connectivity index (χ3v) is 2.78. The zero-order valence-corrected chi connectivity index (χ0v) is 9.82. The van der Waals surface area contributed by atoms with Crippen molar-refractivity contribution in [3.63, 3.8) is 0 Å². The van der Waals surface area contributed by atoms with E-state index in [0.717, 1.165) is 12.1 Å². The van der Waals surface area contributed by atoms with Gasteiger partial charge in [-0.3, -0.25) is 4.79 Å². The van der Waals surface area contributed by atoms with Crippen molar-refractivity contribution in [3.05, 3.63) is 35.4 Å². The van der Waals surface area contributed by atoms with Crippen LogP contribution in [0.3, 0.4) is 0 Å². The van der Waals surface area contributed by atoms with Gasteiger partial charge in [0.1, 0.15) is 6.04 Å². The average molecular weight is 273 g/mol. The van der Waals surface area contributed by atoms with E-state index in [-0.39, 0.29) is 5.56 Å². The maximum absolute atomic E-state index is 12.6. The summed E-state index contributed by atoms with van der Waals surface area (Å²) < 4.78 is 42.5. The minimum Gasteiger partial charge on any atom is -0.436 e. The average Bonchev–Trinajstić information content (AvgIpc) is 2.71. The number of ether oxygens (including phenoxy) is 1. The van der Waals surface area contributed by atoms with Crippen LogP contribution in [-0.4, -0.2) is 18.0 Å². The number of hydrogen-bond donors (Lipinski definition) is 1. The Labute approximate surface area is 106 Å². The van der Waals surface area contributed by atoms with Crippen LogP contribution in [0, 0.1) is 0 Å². The molecule has 0 bridgehead atoms. The number of cyclic esters (lactones) is 1. The van der Waals surface area contributed by atoms with Gasteiger partial charge in [0.25, 0.3) is 0 Å². The molecule has 1 heterocycles. The van der Waals surface area contributed by atoms with Crippen LogP contribution < -0.4 is 5.32 Å². The number of benzene rings is 1. The van der Waals surface area contributed by atoms with Crippen LogP contribution in [0.25, 0.3) is 0 Å². The standard InChI is InChI=1S/C12H10F3NO3/c1-6(17)10-9(16-11(18)19-10)7-3-2-4-8(5-7)12(13,14)15/h2-5,9-10H,1H3,(H,16,18)/t9-,10-/m0/s1. The molecule has 1 fully saturated rings. The number of nitrogens with one attached hydrogen (secondary N) is 1. The molecule has 1 aromatic carbocycles. The number of halogens is 3. The number of Topliss-reactive ketones (excluding diaryl/α,β-unsaturated/α-hetero) is 1. The molecule has 1 aromatic rings. The fourth-order valence-corrected chi connectivity index (χ4v) is 1.90. The molecule has 0 aromatic heterocycles. The van der Waals surface area contributed by atoms with E-state index in [1.807, 2.05) is 0 Å². The number of carbonyl (C=O) groups is 2. The van der Waals surface area contributed by atoms with E-state index in [1.165, 1.54) is 19.1 Å². The Morgan fingerprint density at radius 3 is 2.63 bits per heavy atom. The molecular weight excluding hydrogens is 263 g/mol. The normalized spacial score (nSPS) is 22.8. The van der Waals surface area contributed by atoms with Crippen molar-refractivity contribution in [2.45, 2.75) is 25.2 Å². The third-order valence-electron chi connectivity index (χ3n) is 2.78. The number of ketones is 1. The van der Waals surface area contributed by atoms with Gasteiger partial charge >= 0.3 is 12.3 Å². The summed E-state index contributed by atoms with van der Waals surface area (Å²) >= 11 is 0. The molecular formula is C12H10F3NO3. The molecule has 0 radical (unpaired) electrons. The van der Waals surface area contributed by atoms with E-state index in [4.69, 9.17) is 4.74 Å². The van der Waals surface area contributed by atoms with Crippen LogP contribution in [-0.2, 0) is 15.7 Å². The summed E-state index contributed by atoms with van der Waals surface area (Å²) in [6, 6.07) is 3.55. The molecule has 0 aliphatic carbocycles. The van der Waals surface area contributed by atoms with Crippen LogP contribution in [0.15, 0.2) is 24.3 Å². The number of alkyl halides is 3. The number of hydrogen-bond acceptors (Lipinski definition) is 3. The van der Waals surface area contributed by atoms with Crippen molar-refractivity contribution in [2.24, 2.45) is 0 Å². The van der Waals surface area contributed by atoms with Gasteiger partial charge in [-0.2, -0.15) is 13.2 Å². The highest BCUT2D eigenvalue weighted by molar-refractivity contribution is 5.87. The maximum Gasteiger partial charge on any atom is 0.416 e. The highest BCUT2D eigenvalue weighted by Gasteiger charge is 2.39. The van der Waals surface area contributed by atoms with Crippen molar-refractivity contribution in [2.75, 3.05) is 0 Å². The van der Waals surface area contributed by atoms with E-state index in [2.05, 4.69) is 5.32 Å². The van der Waals surface area contributed by atoms with E-state index in [0.29, 0.717) is 0 Å². The summed E-state index contributed by atoms with van der Waals surface area (Å²) in [6.07, 6.45) is -6.40. The lowest BCUT2D eigenvalue weighted by Gasteiger charge is -2.16. The molecule has 1 saturated heterocycles. The van der Waals surface area contributed by atoms with E-state index in [9.17, 15) is 22.8 Å². The second-order valence-corrected chi connectivity index (χ2v) is 4.18. The summed E-state index contributed by atoms with van der Waals surface area (Å²) in [7, 11) is 0. The Bertz CT molecular complexity index is 527. The fraction of sp³-hybridized carbons (Fsp3) is 0.333. The minimum absolute atomic E-state index is 0.181. The van der Waals surface area contributed by atoms with Gasteiger partial charge in [0.2, 0.25) is 0 Å². The number of rotatable bonds is 2. The predicted molar refractivity (Wildman–Crippen MR) is 58.3 cm³/mol. The van der Waals surface area contributed by atoms with Gasteiger partial charge in [-0.05, 0) is 24.6 Å². The molecule has 2 atom stereocenters. The van der Waals surface area contributed by atoms with E-state index >= 15 is 0 Å². The number of carbonyl (C=O) groups excluding carboxylic acids is 2. The first-order valence-corrected chi connectivity index (χ1v) is 5.44. The molecule has 2 rings (SSSR count). The van der Waals surface area contributed by atoms with Crippen LogP contribution >= 0.6 is 0 Å². The predicted octanol–water partition coefficient (Wildman–Crippen LogP) is 2.44. The maximum atomic E-state index is 12.6. The third kappa shape index (κ3) is 2.69. The molecule has 1 aliphatic rings. The van der Waals surface area contributed by atoms with Crippen molar-refractivity contribution >= 4 is 11.9 Å². The fourth-order valence-electron chi connectivity index (χ4n) is 1.90. The monoisotopic (exact) mass is 273 g/mol. The summed E-state index contributed by atoms with van der Waals surface area (Å²) in [5.74, 6) is -0.430. The molecule has 4 nitrogen and oxygen atoms in total. The largest absolute Gasteiger partial charge is 0.436 e. The SMILES string of the molecule is CC(=O)[C@@H]1OC(=O)N[C@H]1c1cccc(C(F)(F)F)c1. The lowest BCUT2D eigenvalue weighted by Crippen LogP contribution is -2.27. The highest BCUT2D eigenvalue weighted by Crippen LogP contribution is 2.32. The van der Waals surface area contributed by atoms with E-state index < -0.39 is 35.8 Å². The van der Waals surface area contributed by atoms with Crippen LogP contribution in [0.2, 0.25) is 0 Å². The van der Waals surface area contributed by atoms with Gasteiger partial charge in [0.05, 0.1) is 5.56 Å². The lowest BCUT2D eigenvalue weighted by molar-refractivity contribution is -0.137. The molecule has 102 valence electrons. The van der Waals surface area contributed by atoms with Crippen molar-refractivity contribution in [3.8, 4) is 0 Å². The molecule has 0 spiro atoms.